The van der Waals surface area contributed by atoms with Crippen molar-refractivity contribution in [3.05, 3.63) is 29.0 Å². The van der Waals surface area contributed by atoms with E-state index in [1.807, 2.05) is 13.1 Å². The maximum Gasteiger partial charge on any atom is 0.159 e. The largest absolute Gasteiger partial charge is 0.399 e. The van der Waals surface area contributed by atoms with E-state index in [-0.39, 0.29) is 0 Å². The smallest absolute Gasteiger partial charge is 0.159 e. The van der Waals surface area contributed by atoms with E-state index in [9.17, 15) is 0 Å². The topological polar surface area (TPSA) is 56.7 Å². The van der Waals surface area contributed by atoms with Gasteiger partial charge in [-0.25, -0.2) is 9.67 Å². The number of aryl methyl sites for hydroxylation is 2. The number of nitrogens with zero attached hydrogens (tertiary/aromatic N) is 3. The maximum atomic E-state index is 6.15. The summed E-state index contributed by atoms with van der Waals surface area (Å²) in [5.41, 5.74) is 7.26. The number of nitrogen functional groups attached to an aromatic ring is 1. The molecule has 0 aliphatic rings. The molecule has 0 saturated carbocycles. The summed E-state index contributed by atoms with van der Waals surface area (Å²) < 4.78 is 1.74. The van der Waals surface area contributed by atoms with Crippen LogP contribution in [-0.4, -0.2) is 14.8 Å². The molecular formula is C12H15ClN4. The van der Waals surface area contributed by atoms with E-state index in [0.29, 0.717) is 10.7 Å². The van der Waals surface area contributed by atoms with E-state index in [4.69, 9.17) is 17.3 Å². The maximum absolute atomic E-state index is 6.15. The highest BCUT2D eigenvalue weighted by Gasteiger charge is 2.12. The van der Waals surface area contributed by atoms with Gasteiger partial charge in [-0.1, -0.05) is 18.5 Å². The molecule has 1 aromatic heterocycles. The second-order valence-corrected chi connectivity index (χ2v) is 4.37. The van der Waals surface area contributed by atoms with Gasteiger partial charge < -0.3 is 5.73 Å². The molecule has 0 spiro atoms. The average Bonchev–Trinajstić information content (AvgIpc) is 2.64. The fourth-order valence-electron chi connectivity index (χ4n) is 1.72. The van der Waals surface area contributed by atoms with Crippen molar-refractivity contribution in [3.8, 4) is 11.4 Å². The Morgan fingerprint density at radius 3 is 2.88 bits per heavy atom. The third-order valence-electron chi connectivity index (χ3n) is 2.51. The minimum atomic E-state index is 0.637. The van der Waals surface area contributed by atoms with E-state index in [0.717, 1.165) is 30.1 Å². The molecule has 2 N–H and O–H groups in total. The van der Waals surface area contributed by atoms with E-state index in [1.54, 1.807) is 16.8 Å². The fraction of sp³-hybridized carbons (Fsp3) is 0.333. The van der Waals surface area contributed by atoms with Crippen molar-refractivity contribution in [2.24, 2.45) is 7.05 Å². The predicted octanol–water partition coefficient (Wildman–Crippen LogP) is 2.67. The average molecular weight is 251 g/mol. The van der Waals surface area contributed by atoms with Crippen molar-refractivity contribution in [2.45, 2.75) is 19.8 Å². The standard InChI is InChI=1S/C12H15ClN4/c1-3-4-11-15-12(17(2)16-11)9-7-8(14)5-6-10(9)13/h5-7H,3-4,14H2,1-2H3. The van der Waals surface area contributed by atoms with Crippen molar-refractivity contribution >= 4 is 17.3 Å². The highest BCUT2D eigenvalue weighted by Crippen LogP contribution is 2.28. The minimum absolute atomic E-state index is 0.637. The molecule has 0 atom stereocenters. The first-order valence-electron chi connectivity index (χ1n) is 5.57. The van der Waals surface area contributed by atoms with Gasteiger partial charge in [0.1, 0.15) is 0 Å². The summed E-state index contributed by atoms with van der Waals surface area (Å²) in [5, 5.41) is 4.99. The van der Waals surface area contributed by atoms with Crippen LogP contribution < -0.4 is 5.73 Å². The first-order valence-corrected chi connectivity index (χ1v) is 5.95. The summed E-state index contributed by atoms with van der Waals surface area (Å²) in [5.74, 6) is 1.59. The Bertz CT molecular complexity index is 533. The Morgan fingerprint density at radius 1 is 1.41 bits per heavy atom. The van der Waals surface area contributed by atoms with E-state index < -0.39 is 0 Å². The van der Waals surface area contributed by atoms with Crippen molar-refractivity contribution in [1.82, 2.24) is 14.8 Å². The van der Waals surface area contributed by atoms with Crippen LogP contribution in [0.15, 0.2) is 18.2 Å². The van der Waals surface area contributed by atoms with Crippen LogP contribution in [0.5, 0.6) is 0 Å². The minimum Gasteiger partial charge on any atom is -0.399 e. The normalized spacial score (nSPS) is 10.8. The molecule has 5 heteroatoms. The summed E-state index contributed by atoms with van der Waals surface area (Å²) in [6.45, 7) is 2.10. The molecule has 0 aliphatic carbocycles. The first kappa shape index (κ1) is 11.9. The molecule has 0 aliphatic heterocycles. The number of hydrogen-bond acceptors (Lipinski definition) is 3. The summed E-state index contributed by atoms with van der Waals surface area (Å²) in [4.78, 5) is 4.48. The quantitative estimate of drug-likeness (QED) is 0.852. The summed E-state index contributed by atoms with van der Waals surface area (Å²) in [7, 11) is 1.86. The van der Waals surface area contributed by atoms with Crippen LogP contribution in [-0.2, 0) is 13.5 Å². The number of hydrogen-bond donors (Lipinski definition) is 1. The van der Waals surface area contributed by atoms with Gasteiger partial charge in [0.05, 0.1) is 5.02 Å². The van der Waals surface area contributed by atoms with Crippen molar-refractivity contribution in [1.29, 1.82) is 0 Å². The lowest BCUT2D eigenvalue weighted by Gasteiger charge is -2.03. The number of nitrogens with two attached hydrogens (primary N) is 1. The molecule has 0 amide bonds. The number of aromatic nitrogens is 3. The molecule has 4 nitrogen and oxygen atoms in total. The molecule has 1 heterocycles. The molecule has 17 heavy (non-hydrogen) atoms. The fourth-order valence-corrected chi connectivity index (χ4v) is 1.92. The van der Waals surface area contributed by atoms with Gasteiger partial charge in [-0.3, -0.25) is 0 Å². The van der Waals surface area contributed by atoms with Gasteiger partial charge in [0.25, 0.3) is 0 Å². The van der Waals surface area contributed by atoms with Crippen molar-refractivity contribution in [2.75, 3.05) is 5.73 Å². The molecule has 0 unspecified atom stereocenters. The highest BCUT2D eigenvalue weighted by atomic mass is 35.5. The number of rotatable bonds is 3. The summed E-state index contributed by atoms with van der Waals surface area (Å²) in [6.07, 6.45) is 1.89. The van der Waals surface area contributed by atoms with Crippen molar-refractivity contribution in [3.63, 3.8) is 0 Å². The zero-order valence-corrected chi connectivity index (χ0v) is 10.7. The zero-order valence-electron chi connectivity index (χ0n) is 9.94. The predicted molar refractivity (Wildman–Crippen MR) is 69.9 cm³/mol. The van der Waals surface area contributed by atoms with E-state index >= 15 is 0 Å². The molecule has 90 valence electrons. The zero-order chi connectivity index (χ0) is 12.4. The Morgan fingerprint density at radius 2 is 2.18 bits per heavy atom. The molecule has 0 fully saturated rings. The lowest BCUT2D eigenvalue weighted by Crippen LogP contribution is -1.96. The molecule has 0 saturated heterocycles. The van der Waals surface area contributed by atoms with Gasteiger partial charge in [-0.2, -0.15) is 5.10 Å². The Labute approximate surface area is 105 Å². The summed E-state index contributed by atoms with van der Waals surface area (Å²) >= 11 is 6.15. The molecule has 2 rings (SSSR count). The highest BCUT2D eigenvalue weighted by molar-refractivity contribution is 6.33. The third-order valence-corrected chi connectivity index (χ3v) is 2.84. The van der Waals surface area contributed by atoms with Crippen LogP contribution in [0.25, 0.3) is 11.4 Å². The lowest BCUT2D eigenvalue weighted by molar-refractivity contribution is 0.737. The monoisotopic (exact) mass is 250 g/mol. The second kappa shape index (κ2) is 4.75. The molecular weight excluding hydrogens is 236 g/mol. The Kier molecular flexibility index (Phi) is 3.33. The molecule has 0 radical (unpaired) electrons. The van der Waals surface area contributed by atoms with Gasteiger partial charge in [0, 0.05) is 24.7 Å². The first-order chi connectivity index (χ1) is 8.11. The van der Waals surface area contributed by atoms with Gasteiger partial charge >= 0.3 is 0 Å². The van der Waals surface area contributed by atoms with Crippen LogP contribution in [0.3, 0.4) is 0 Å². The third kappa shape index (κ3) is 2.42. The number of halogens is 1. The molecule has 0 bridgehead atoms. The van der Waals surface area contributed by atoms with E-state index in [2.05, 4.69) is 17.0 Å². The van der Waals surface area contributed by atoms with Gasteiger partial charge in [0.2, 0.25) is 0 Å². The SMILES string of the molecule is CCCc1nc(-c2cc(N)ccc2Cl)n(C)n1. The van der Waals surface area contributed by atoms with Crippen LogP contribution in [0.2, 0.25) is 5.02 Å². The van der Waals surface area contributed by atoms with E-state index in [1.165, 1.54) is 0 Å². The van der Waals surface area contributed by atoms with Crippen LogP contribution in [0, 0.1) is 0 Å². The van der Waals surface area contributed by atoms with Gasteiger partial charge in [-0.15, -0.1) is 0 Å². The van der Waals surface area contributed by atoms with Gasteiger partial charge in [0.15, 0.2) is 11.6 Å². The second-order valence-electron chi connectivity index (χ2n) is 3.96. The van der Waals surface area contributed by atoms with Crippen LogP contribution in [0.4, 0.5) is 5.69 Å². The summed E-state index contributed by atoms with van der Waals surface area (Å²) in [6, 6.07) is 5.37. The van der Waals surface area contributed by atoms with Crippen LogP contribution >= 0.6 is 11.6 Å². The number of anilines is 1. The Hall–Kier alpha value is -1.55. The van der Waals surface area contributed by atoms with Crippen molar-refractivity contribution < 1.29 is 0 Å². The number of benzene rings is 1. The van der Waals surface area contributed by atoms with Gasteiger partial charge in [-0.05, 0) is 24.6 Å². The Balaban J connectivity index is 2.48. The molecule has 1 aromatic carbocycles. The molecule has 2 aromatic rings. The lowest BCUT2D eigenvalue weighted by atomic mass is 10.2. The van der Waals surface area contributed by atoms with Crippen LogP contribution in [0.1, 0.15) is 19.2 Å².